The lowest BCUT2D eigenvalue weighted by Crippen LogP contribution is -2.26. The Kier molecular flexibility index (Phi) is 5.14. The molecule has 0 atom stereocenters. The summed E-state index contributed by atoms with van der Waals surface area (Å²) in [5, 5.41) is 7.25. The van der Waals surface area contributed by atoms with Crippen molar-refractivity contribution in [3.63, 3.8) is 0 Å². The van der Waals surface area contributed by atoms with Crippen LogP contribution in [0.4, 0.5) is 0 Å². The highest BCUT2D eigenvalue weighted by Crippen LogP contribution is 2.20. The van der Waals surface area contributed by atoms with E-state index in [0.717, 1.165) is 22.6 Å². The van der Waals surface area contributed by atoms with Crippen LogP contribution in [0.25, 0.3) is 11.3 Å². The van der Waals surface area contributed by atoms with Crippen LogP contribution >= 0.6 is 0 Å². The summed E-state index contributed by atoms with van der Waals surface area (Å²) in [5.41, 5.74) is 3.43. The van der Waals surface area contributed by atoms with E-state index in [2.05, 4.69) is 10.4 Å². The third-order valence-electron chi connectivity index (χ3n) is 4.05. The summed E-state index contributed by atoms with van der Waals surface area (Å²) in [5.74, 6) is 0.661. The van der Waals surface area contributed by atoms with Crippen LogP contribution in [0.1, 0.15) is 16.1 Å². The first-order valence-corrected chi connectivity index (χ1v) is 8.18. The molecule has 5 nitrogen and oxygen atoms in total. The first-order chi connectivity index (χ1) is 12.2. The highest BCUT2D eigenvalue weighted by molar-refractivity contribution is 5.93. The Morgan fingerprint density at radius 2 is 1.84 bits per heavy atom. The number of para-hydroxylation sites is 1. The van der Waals surface area contributed by atoms with E-state index in [-0.39, 0.29) is 5.91 Å². The quantitative estimate of drug-likeness (QED) is 0.753. The maximum Gasteiger partial charge on any atom is 0.271 e. The number of methoxy groups -OCH3 is 1. The van der Waals surface area contributed by atoms with Crippen molar-refractivity contribution in [2.45, 2.75) is 6.42 Å². The fraction of sp³-hybridized carbons (Fsp3) is 0.200. The van der Waals surface area contributed by atoms with E-state index in [0.29, 0.717) is 18.7 Å². The van der Waals surface area contributed by atoms with Crippen molar-refractivity contribution in [1.82, 2.24) is 15.1 Å². The molecule has 0 aliphatic rings. The van der Waals surface area contributed by atoms with Crippen molar-refractivity contribution < 1.29 is 9.53 Å². The number of hydrogen-bond donors (Lipinski definition) is 1. The topological polar surface area (TPSA) is 56.1 Å². The number of aryl methyl sites for hydroxylation is 1. The van der Waals surface area contributed by atoms with Crippen molar-refractivity contribution in [2.24, 2.45) is 7.05 Å². The molecule has 0 saturated carbocycles. The lowest BCUT2D eigenvalue weighted by molar-refractivity contribution is 0.0948. The molecule has 3 rings (SSSR count). The minimum Gasteiger partial charge on any atom is -0.496 e. The summed E-state index contributed by atoms with van der Waals surface area (Å²) in [6.45, 7) is 0.524. The van der Waals surface area contributed by atoms with E-state index in [9.17, 15) is 4.79 Å². The summed E-state index contributed by atoms with van der Waals surface area (Å²) >= 11 is 0. The van der Waals surface area contributed by atoms with Crippen LogP contribution in [0.2, 0.25) is 0 Å². The maximum atomic E-state index is 12.4. The Hall–Kier alpha value is -3.08. The van der Waals surface area contributed by atoms with Gasteiger partial charge in [-0.05, 0) is 29.7 Å². The van der Waals surface area contributed by atoms with Crippen LogP contribution in [0.3, 0.4) is 0 Å². The van der Waals surface area contributed by atoms with Crippen LogP contribution in [-0.2, 0) is 13.5 Å². The van der Waals surface area contributed by atoms with E-state index >= 15 is 0 Å². The van der Waals surface area contributed by atoms with Crippen molar-refractivity contribution in [3.05, 3.63) is 71.9 Å². The van der Waals surface area contributed by atoms with Crippen molar-refractivity contribution in [1.29, 1.82) is 0 Å². The van der Waals surface area contributed by atoms with Gasteiger partial charge in [-0.25, -0.2) is 0 Å². The van der Waals surface area contributed by atoms with Crippen LogP contribution in [0.15, 0.2) is 60.7 Å². The zero-order chi connectivity index (χ0) is 17.6. The molecule has 0 spiro atoms. The zero-order valence-corrected chi connectivity index (χ0v) is 14.4. The van der Waals surface area contributed by atoms with Crippen molar-refractivity contribution >= 4 is 5.91 Å². The molecule has 0 aliphatic heterocycles. The molecule has 2 aromatic carbocycles. The molecule has 1 aromatic heterocycles. The lowest BCUT2D eigenvalue weighted by Gasteiger charge is -2.08. The minimum absolute atomic E-state index is 0.173. The summed E-state index contributed by atoms with van der Waals surface area (Å²) in [7, 11) is 3.49. The number of benzene rings is 2. The van der Waals surface area contributed by atoms with Gasteiger partial charge in [-0.1, -0.05) is 48.5 Å². The average molecular weight is 335 g/mol. The van der Waals surface area contributed by atoms with Crippen molar-refractivity contribution in [2.75, 3.05) is 13.7 Å². The molecular formula is C20H21N3O2. The monoisotopic (exact) mass is 335 g/mol. The SMILES string of the molecule is COc1ccccc1CCNC(=O)c1cc(-c2ccccc2)n(C)n1. The smallest absolute Gasteiger partial charge is 0.271 e. The van der Waals surface area contributed by atoms with Gasteiger partial charge in [0.05, 0.1) is 12.8 Å². The van der Waals surface area contributed by atoms with Crippen LogP contribution in [-0.4, -0.2) is 29.3 Å². The van der Waals surface area contributed by atoms with Crippen molar-refractivity contribution in [3.8, 4) is 17.0 Å². The average Bonchev–Trinajstić information content (AvgIpc) is 3.04. The molecule has 0 radical (unpaired) electrons. The highest BCUT2D eigenvalue weighted by Gasteiger charge is 2.13. The first-order valence-electron chi connectivity index (χ1n) is 8.18. The lowest BCUT2D eigenvalue weighted by atomic mass is 10.1. The molecule has 1 heterocycles. The molecule has 1 amide bonds. The number of amides is 1. The Morgan fingerprint density at radius 3 is 2.60 bits per heavy atom. The summed E-state index contributed by atoms with van der Waals surface area (Å²) < 4.78 is 7.05. The number of rotatable bonds is 6. The Morgan fingerprint density at radius 1 is 1.12 bits per heavy atom. The number of carbonyl (C=O) groups excluding carboxylic acids is 1. The molecule has 1 N–H and O–H groups in total. The number of nitrogens with one attached hydrogen (secondary N) is 1. The van der Waals surface area contributed by atoms with Gasteiger partial charge in [0, 0.05) is 13.6 Å². The zero-order valence-electron chi connectivity index (χ0n) is 14.4. The fourth-order valence-corrected chi connectivity index (χ4v) is 2.77. The molecule has 25 heavy (non-hydrogen) atoms. The van der Waals surface area contributed by atoms with Gasteiger partial charge in [0.1, 0.15) is 5.75 Å². The molecule has 5 heteroatoms. The van der Waals surface area contributed by atoms with E-state index in [1.807, 2.05) is 67.7 Å². The minimum atomic E-state index is -0.173. The summed E-state index contributed by atoms with van der Waals surface area (Å²) in [6, 6.07) is 19.5. The van der Waals surface area contributed by atoms with Crippen LogP contribution in [0.5, 0.6) is 5.75 Å². The van der Waals surface area contributed by atoms with Gasteiger partial charge < -0.3 is 10.1 Å². The molecule has 128 valence electrons. The third-order valence-corrected chi connectivity index (χ3v) is 4.05. The van der Waals surface area contributed by atoms with Gasteiger partial charge in [0.25, 0.3) is 5.91 Å². The second-order valence-corrected chi connectivity index (χ2v) is 5.72. The van der Waals surface area contributed by atoms with Gasteiger partial charge in [-0.3, -0.25) is 9.48 Å². The van der Waals surface area contributed by atoms with E-state index in [4.69, 9.17) is 4.74 Å². The fourth-order valence-electron chi connectivity index (χ4n) is 2.77. The predicted molar refractivity (Wildman–Crippen MR) is 97.7 cm³/mol. The first kappa shape index (κ1) is 16.8. The van der Waals surface area contributed by atoms with Gasteiger partial charge in [0.15, 0.2) is 5.69 Å². The Bertz CT molecular complexity index is 856. The number of carbonyl (C=O) groups is 1. The number of hydrogen-bond acceptors (Lipinski definition) is 3. The largest absolute Gasteiger partial charge is 0.496 e. The summed E-state index contributed by atoms with van der Waals surface area (Å²) in [4.78, 5) is 12.4. The van der Waals surface area contributed by atoms with Gasteiger partial charge >= 0.3 is 0 Å². The molecule has 0 fully saturated rings. The molecule has 3 aromatic rings. The van der Waals surface area contributed by atoms with Crippen LogP contribution < -0.4 is 10.1 Å². The third kappa shape index (κ3) is 3.88. The predicted octanol–water partition coefficient (Wildman–Crippen LogP) is 3.07. The molecule has 0 saturated heterocycles. The molecule has 0 aliphatic carbocycles. The number of ether oxygens (including phenoxy) is 1. The van der Waals surface area contributed by atoms with E-state index < -0.39 is 0 Å². The molecule has 0 unspecified atom stereocenters. The Balaban J connectivity index is 1.64. The van der Waals surface area contributed by atoms with Crippen LogP contribution in [0, 0.1) is 0 Å². The second-order valence-electron chi connectivity index (χ2n) is 5.72. The van der Waals surface area contributed by atoms with E-state index in [1.54, 1.807) is 11.8 Å². The standard InChI is InChI=1S/C20H21N3O2/c1-23-18(15-8-4-3-5-9-15)14-17(22-23)20(24)21-13-12-16-10-6-7-11-19(16)25-2/h3-11,14H,12-13H2,1-2H3,(H,21,24). The molecular weight excluding hydrogens is 314 g/mol. The van der Waals surface area contributed by atoms with Gasteiger partial charge in [-0.15, -0.1) is 0 Å². The second kappa shape index (κ2) is 7.66. The normalized spacial score (nSPS) is 10.5. The Labute approximate surface area is 147 Å². The maximum absolute atomic E-state index is 12.4. The van der Waals surface area contributed by atoms with E-state index in [1.165, 1.54) is 0 Å². The van der Waals surface area contributed by atoms with Gasteiger partial charge in [0.2, 0.25) is 0 Å². The summed E-state index contributed by atoms with van der Waals surface area (Å²) in [6.07, 6.45) is 0.703. The highest BCUT2D eigenvalue weighted by atomic mass is 16.5. The number of nitrogens with zero attached hydrogens (tertiary/aromatic N) is 2. The van der Waals surface area contributed by atoms with Gasteiger partial charge in [-0.2, -0.15) is 5.10 Å². The molecule has 0 bridgehead atoms. The number of aromatic nitrogens is 2.